The molecule has 1 aromatic rings. The van der Waals surface area contributed by atoms with Gasteiger partial charge in [-0.15, -0.1) is 0 Å². The lowest BCUT2D eigenvalue weighted by molar-refractivity contribution is -0.142. The smallest absolute Gasteiger partial charge is 0.306 e. The third-order valence-electron chi connectivity index (χ3n) is 2.52. The zero-order valence-corrected chi connectivity index (χ0v) is 9.30. The van der Waals surface area contributed by atoms with E-state index in [1.807, 2.05) is 0 Å². The second-order valence-electron chi connectivity index (χ2n) is 3.91. The van der Waals surface area contributed by atoms with Crippen LogP contribution in [0.25, 0.3) is 0 Å². The molecule has 17 heavy (non-hydrogen) atoms. The monoisotopic (exact) mass is 237 g/mol. The summed E-state index contributed by atoms with van der Waals surface area (Å²) in [7, 11) is 0. The zero-order chi connectivity index (χ0) is 12.8. The van der Waals surface area contributed by atoms with Crippen LogP contribution in [0.4, 0.5) is 5.69 Å². The molecule has 0 fully saturated rings. The van der Waals surface area contributed by atoms with Gasteiger partial charge in [-0.2, -0.15) is 0 Å². The van der Waals surface area contributed by atoms with Crippen LogP contribution >= 0.6 is 0 Å². The summed E-state index contributed by atoms with van der Waals surface area (Å²) >= 11 is 0. The molecule has 1 rings (SSSR count). The van der Waals surface area contributed by atoms with Crippen molar-refractivity contribution in [3.8, 4) is 0 Å². The lowest BCUT2D eigenvalue weighted by Gasteiger charge is -2.11. The van der Waals surface area contributed by atoms with Gasteiger partial charge in [-0.1, -0.05) is 12.1 Å². The molecule has 0 bridgehead atoms. The summed E-state index contributed by atoms with van der Waals surface area (Å²) in [6.07, 6.45) is 0.323. The van der Waals surface area contributed by atoms with E-state index in [2.05, 4.69) is 0 Å². The first kappa shape index (κ1) is 13.0. The standard InChI is InChI=1S/C12H15NO4/c13-10-4-1-8(2-5-10)7-9(12(16)17)3-6-11(14)15/h1-2,4-5,9H,3,6-7,13H2,(H,14,15)(H,16,17)/t9-/m1/s1. The average Bonchev–Trinajstić information content (AvgIpc) is 2.26. The highest BCUT2D eigenvalue weighted by Gasteiger charge is 2.19. The first-order valence-corrected chi connectivity index (χ1v) is 5.28. The third-order valence-corrected chi connectivity index (χ3v) is 2.52. The first-order chi connectivity index (χ1) is 7.99. The molecule has 4 N–H and O–H groups in total. The van der Waals surface area contributed by atoms with E-state index in [-0.39, 0.29) is 12.8 Å². The van der Waals surface area contributed by atoms with Crippen molar-refractivity contribution >= 4 is 17.6 Å². The topological polar surface area (TPSA) is 101 Å². The Kier molecular flexibility index (Phi) is 4.51. The highest BCUT2D eigenvalue weighted by Crippen LogP contribution is 2.16. The average molecular weight is 237 g/mol. The number of nitrogens with two attached hydrogens (primary N) is 1. The van der Waals surface area contributed by atoms with E-state index in [0.29, 0.717) is 12.1 Å². The highest BCUT2D eigenvalue weighted by molar-refractivity contribution is 5.72. The molecular weight excluding hydrogens is 222 g/mol. The van der Waals surface area contributed by atoms with Crippen molar-refractivity contribution in [2.24, 2.45) is 5.92 Å². The minimum Gasteiger partial charge on any atom is -0.481 e. The second-order valence-corrected chi connectivity index (χ2v) is 3.91. The van der Waals surface area contributed by atoms with E-state index in [1.54, 1.807) is 24.3 Å². The lowest BCUT2D eigenvalue weighted by Crippen LogP contribution is -2.17. The summed E-state index contributed by atoms with van der Waals surface area (Å²) in [6, 6.07) is 6.91. The molecular formula is C12H15NO4. The van der Waals surface area contributed by atoms with Gasteiger partial charge in [0.1, 0.15) is 0 Å². The Morgan fingerprint density at radius 3 is 2.24 bits per heavy atom. The molecule has 5 nitrogen and oxygen atoms in total. The van der Waals surface area contributed by atoms with Crippen molar-refractivity contribution in [3.63, 3.8) is 0 Å². The van der Waals surface area contributed by atoms with E-state index in [4.69, 9.17) is 15.9 Å². The van der Waals surface area contributed by atoms with E-state index in [1.165, 1.54) is 0 Å². The Morgan fingerprint density at radius 2 is 1.76 bits per heavy atom. The molecule has 0 aliphatic rings. The molecule has 0 heterocycles. The minimum absolute atomic E-state index is 0.133. The zero-order valence-electron chi connectivity index (χ0n) is 9.30. The fourth-order valence-electron chi connectivity index (χ4n) is 1.55. The molecule has 0 saturated carbocycles. The van der Waals surface area contributed by atoms with Crippen LogP contribution in [0, 0.1) is 5.92 Å². The maximum Gasteiger partial charge on any atom is 0.306 e. The van der Waals surface area contributed by atoms with E-state index >= 15 is 0 Å². The van der Waals surface area contributed by atoms with Crippen LogP contribution in [0.1, 0.15) is 18.4 Å². The number of benzene rings is 1. The Balaban J connectivity index is 2.63. The molecule has 0 aliphatic carbocycles. The van der Waals surface area contributed by atoms with Gasteiger partial charge < -0.3 is 15.9 Å². The van der Waals surface area contributed by atoms with Gasteiger partial charge in [0.05, 0.1) is 5.92 Å². The van der Waals surface area contributed by atoms with Crippen LogP contribution in [-0.4, -0.2) is 22.2 Å². The summed E-state index contributed by atoms with van der Waals surface area (Å²) in [6.45, 7) is 0. The number of carbonyl (C=O) groups is 2. The first-order valence-electron chi connectivity index (χ1n) is 5.28. The Hall–Kier alpha value is -2.04. The molecule has 0 aliphatic heterocycles. The van der Waals surface area contributed by atoms with Crippen LogP contribution < -0.4 is 5.73 Å². The normalized spacial score (nSPS) is 12.0. The van der Waals surface area contributed by atoms with Crippen LogP contribution in [0.5, 0.6) is 0 Å². The van der Waals surface area contributed by atoms with E-state index in [0.717, 1.165) is 5.56 Å². The number of aliphatic carboxylic acids is 2. The second kappa shape index (κ2) is 5.89. The van der Waals surface area contributed by atoms with Gasteiger partial charge in [-0.05, 0) is 30.5 Å². The summed E-state index contributed by atoms with van der Waals surface area (Å²) in [5.74, 6) is -2.62. The van der Waals surface area contributed by atoms with Gasteiger partial charge in [0.2, 0.25) is 0 Å². The van der Waals surface area contributed by atoms with E-state index in [9.17, 15) is 9.59 Å². The molecule has 0 unspecified atom stereocenters. The van der Waals surface area contributed by atoms with Crippen molar-refractivity contribution in [1.29, 1.82) is 0 Å². The van der Waals surface area contributed by atoms with Crippen molar-refractivity contribution in [2.45, 2.75) is 19.3 Å². The van der Waals surface area contributed by atoms with Crippen LogP contribution in [0.2, 0.25) is 0 Å². The summed E-state index contributed by atoms with van der Waals surface area (Å²) in [4.78, 5) is 21.4. The maximum atomic E-state index is 11.0. The summed E-state index contributed by atoms with van der Waals surface area (Å²) < 4.78 is 0. The summed E-state index contributed by atoms with van der Waals surface area (Å²) in [5.41, 5.74) is 6.98. The van der Waals surface area contributed by atoms with Crippen molar-refractivity contribution in [2.75, 3.05) is 5.73 Å². The summed E-state index contributed by atoms with van der Waals surface area (Å²) in [5, 5.41) is 17.5. The molecule has 0 amide bonds. The molecule has 0 radical (unpaired) electrons. The molecule has 5 heteroatoms. The van der Waals surface area contributed by atoms with Crippen molar-refractivity contribution in [3.05, 3.63) is 29.8 Å². The number of hydrogen-bond acceptors (Lipinski definition) is 3. The van der Waals surface area contributed by atoms with Crippen LogP contribution in [0.15, 0.2) is 24.3 Å². The molecule has 0 spiro atoms. The van der Waals surface area contributed by atoms with E-state index < -0.39 is 17.9 Å². The van der Waals surface area contributed by atoms with Gasteiger partial charge >= 0.3 is 11.9 Å². The molecule has 1 atom stereocenters. The van der Waals surface area contributed by atoms with Crippen molar-refractivity contribution in [1.82, 2.24) is 0 Å². The third kappa shape index (κ3) is 4.55. The Bertz CT molecular complexity index is 399. The number of carboxylic acids is 2. The van der Waals surface area contributed by atoms with Gasteiger partial charge in [-0.25, -0.2) is 0 Å². The fraction of sp³-hybridized carbons (Fsp3) is 0.333. The fourth-order valence-corrected chi connectivity index (χ4v) is 1.55. The van der Waals surface area contributed by atoms with Crippen LogP contribution in [0.3, 0.4) is 0 Å². The Morgan fingerprint density at radius 1 is 1.18 bits per heavy atom. The molecule has 0 saturated heterocycles. The van der Waals surface area contributed by atoms with Crippen LogP contribution in [-0.2, 0) is 16.0 Å². The van der Waals surface area contributed by atoms with Crippen molar-refractivity contribution < 1.29 is 19.8 Å². The molecule has 92 valence electrons. The van der Waals surface area contributed by atoms with Gasteiger partial charge in [0.15, 0.2) is 0 Å². The lowest BCUT2D eigenvalue weighted by atomic mass is 9.95. The largest absolute Gasteiger partial charge is 0.481 e. The van der Waals surface area contributed by atoms with Gasteiger partial charge in [-0.3, -0.25) is 9.59 Å². The number of anilines is 1. The SMILES string of the molecule is Nc1ccc(C[C@@H](CCC(=O)O)C(=O)O)cc1. The molecule has 0 aromatic heterocycles. The number of rotatable bonds is 6. The Labute approximate surface area is 98.9 Å². The predicted molar refractivity (Wildman–Crippen MR) is 62.6 cm³/mol. The van der Waals surface area contributed by atoms with Gasteiger partial charge in [0, 0.05) is 12.1 Å². The molecule has 1 aromatic carbocycles. The number of hydrogen-bond donors (Lipinski definition) is 3. The predicted octanol–water partition coefficient (Wildman–Crippen LogP) is 1.38. The minimum atomic E-state index is -0.978. The quantitative estimate of drug-likeness (QED) is 0.649. The number of carboxylic acid groups (broad SMARTS) is 2. The highest BCUT2D eigenvalue weighted by atomic mass is 16.4. The van der Waals surface area contributed by atoms with Gasteiger partial charge in [0.25, 0.3) is 0 Å². The number of nitrogen functional groups attached to an aromatic ring is 1. The maximum absolute atomic E-state index is 11.0.